The lowest BCUT2D eigenvalue weighted by Gasteiger charge is -2.34. The third-order valence-electron chi connectivity index (χ3n) is 2.75. The molecule has 2 aliphatic heterocycles. The zero-order chi connectivity index (χ0) is 9.26. The average molecular weight is 184 g/mol. The summed E-state index contributed by atoms with van der Waals surface area (Å²) >= 11 is 0. The highest BCUT2D eigenvalue weighted by atomic mass is 16.5. The topological polar surface area (TPSA) is 41.6 Å². The lowest BCUT2D eigenvalue weighted by molar-refractivity contribution is -0.142. The summed E-state index contributed by atoms with van der Waals surface area (Å²) in [5.41, 5.74) is 0. The molecule has 4 heteroatoms. The van der Waals surface area contributed by atoms with Gasteiger partial charge in [-0.05, 0) is 6.92 Å². The van der Waals surface area contributed by atoms with Crippen molar-refractivity contribution in [3.8, 4) is 0 Å². The van der Waals surface area contributed by atoms with Crippen molar-refractivity contribution in [1.29, 1.82) is 0 Å². The van der Waals surface area contributed by atoms with Crippen LogP contribution in [0.3, 0.4) is 0 Å². The number of carbonyl (C=O) groups excluding carboxylic acids is 1. The lowest BCUT2D eigenvalue weighted by atomic mass is 10.1. The number of esters is 1. The van der Waals surface area contributed by atoms with Crippen LogP contribution in [0.1, 0.15) is 13.3 Å². The van der Waals surface area contributed by atoms with E-state index in [1.165, 1.54) is 0 Å². The van der Waals surface area contributed by atoms with Gasteiger partial charge in [-0.3, -0.25) is 9.69 Å². The number of hydrogen-bond acceptors (Lipinski definition) is 4. The smallest absolute Gasteiger partial charge is 0.323 e. The van der Waals surface area contributed by atoms with Crippen LogP contribution in [0.4, 0.5) is 0 Å². The molecule has 1 N–H and O–H groups in total. The summed E-state index contributed by atoms with van der Waals surface area (Å²) in [6, 6.07) is 0.520. The molecule has 0 spiro atoms. The van der Waals surface area contributed by atoms with Gasteiger partial charge in [0, 0.05) is 32.1 Å². The monoisotopic (exact) mass is 184 g/mol. The Morgan fingerprint density at radius 1 is 1.62 bits per heavy atom. The van der Waals surface area contributed by atoms with Crippen LogP contribution in [0.5, 0.6) is 0 Å². The van der Waals surface area contributed by atoms with E-state index in [0.717, 1.165) is 26.1 Å². The highest BCUT2D eigenvalue weighted by Crippen LogP contribution is 2.15. The van der Waals surface area contributed by atoms with Crippen LogP contribution in [0.25, 0.3) is 0 Å². The fourth-order valence-corrected chi connectivity index (χ4v) is 2.06. The predicted molar refractivity (Wildman–Crippen MR) is 48.4 cm³/mol. The first-order valence-corrected chi connectivity index (χ1v) is 4.91. The summed E-state index contributed by atoms with van der Waals surface area (Å²) in [4.78, 5) is 13.5. The number of nitrogens with one attached hydrogen (secondary N) is 1. The SMILES string of the molecule is C[C@@H]1CN(C2CCOC2=O)CCN1. The van der Waals surface area contributed by atoms with E-state index in [4.69, 9.17) is 4.74 Å². The van der Waals surface area contributed by atoms with Gasteiger partial charge in [-0.25, -0.2) is 0 Å². The largest absolute Gasteiger partial charge is 0.464 e. The molecule has 0 aromatic carbocycles. The summed E-state index contributed by atoms with van der Waals surface area (Å²) in [6.45, 7) is 5.64. The summed E-state index contributed by atoms with van der Waals surface area (Å²) < 4.78 is 4.95. The van der Waals surface area contributed by atoms with E-state index in [2.05, 4.69) is 17.1 Å². The number of cyclic esters (lactones) is 1. The van der Waals surface area contributed by atoms with Crippen molar-refractivity contribution in [3.05, 3.63) is 0 Å². The molecule has 0 bridgehead atoms. The minimum absolute atomic E-state index is 0.0320. The van der Waals surface area contributed by atoms with E-state index in [1.807, 2.05) is 0 Å². The second-order valence-corrected chi connectivity index (χ2v) is 3.82. The summed E-state index contributed by atoms with van der Waals surface area (Å²) in [6.07, 6.45) is 0.867. The standard InChI is InChI=1S/C9H16N2O2/c1-7-6-11(4-3-10-7)8-2-5-13-9(8)12/h7-8,10H,2-6H2,1H3/t7-,8?/m1/s1. The van der Waals surface area contributed by atoms with Crippen molar-refractivity contribution in [2.75, 3.05) is 26.2 Å². The molecule has 0 aromatic heterocycles. The van der Waals surface area contributed by atoms with Gasteiger partial charge in [0.2, 0.25) is 0 Å². The quantitative estimate of drug-likeness (QED) is 0.563. The van der Waals surface area contributed by atoms with E-state index >= 15 is 0 Å². The van der Waals surface area contributed by atoms with Gasteiger partial charge in [-0.2, -0.15) is 0 Å². The first-order valence-electron chi connectivity index (χ1n) is 4.91. The molecule has 2 fully saturated rings. The number of hydrogen-bond donors (Lipinski definition) is 1. The Morgan fingerprint density at radius 3 is 3.08 bits per heavy atom. The van der Waals surface area contributed by atoms with Gasteiger partial charge in [0.25, 0.3) is 0 Å². The third kappa shape index (κ3) is 1.84. The second-order valence-electron chi connectivity index (χ2n) is 3.82. The van der Waals surface area contributed by atoms with Crippen LogP contribution < -0.4 is 5.32 Å². The molecule has 0 aromatic rings. The number of piperazine rings is 1. The second kappa shape index (κ2) is 3.64. The van der Waals surface area contributed by atoms with E-state index in [0.29, 0.717) is 12.6 Å². The molecule has 2 aliphatic rings. The van der Waals surface area contributed by atoms with Crippen LogP contribution in [-0.4, -0.2) is 49.2 Å². The van der Waals surface area contributed by atoms with Crippen molar-refractivity contribution in [2.24, 2.45) is 0 Å². The lowest BCUT2D eigenvalue weighted by Crippen LogP contribution is -2.53. The van der Waals surface area contributed by atoms with E-state index in [9.17, 15) is 4.79 Å². The Balaban J connectivity index is 1.95. The van der Waals surface area contributed by atoms with Gasteiger partial charge in [0.05, 0.1) is 6.61 Å². The fourth-order valence-electron chi connectivity index (χ4n) is 2.06. The third-order valence-corrected chi connectivity index (χ3v) is 2.75. The summed E-state index contributed by atoms with van der Waals surface area (Å²) in [7, 11) is 0. The van der Waals surface area contributed by atoms with E-state index < -0.39 is 0 Å². The van der Waals surface area contributed by atoms with Crippen LogP contribution in [0, 0.1) is 0 Å². The first kappa shape index (κ1) is 8.97. The van der Waals surface area contributed by atoms with Crippen molar-refractivity contribution < 1.29 is 9.53 Å². The number of carbonyl (C=O) groups is 1. The van der Waals surface area contributed by atoms with Gasteiger partial charge >= 0.3 is 5.97 Å². The molecule has 1 unspecified atom stereocenters. The summed E-state index contributed by atoms with van der Waals surface area (Å²) in [5, 5.41) is 3.36. The Hall–Kier alpha value is -0.610. The zero-order valence-electron chi connectivity index (χ0n) is 7.95. The van der Waals surface area contributed by atoms with Crippen LogP contribution in [0.2, 0.25) is 0 Å². The van der Waals surface area contributed by atoms with E-state index in [1.54, 1.807) is 0 Å². The maximum atomic E-state index is 11.3. The molecule has 4 nitrogen and oxygen atoms in total. The number of nitrogens with zero attached hydrogens (tertiary/aromatic N) is 1. The van der Waals surface area contributed by atoms with Crippen LogP contribution in [0.15, 0.2) is 0 Å². The van der Waals surface area contributed by atoms with Gasteiger partial charge in [0.15, 0.2) is 0 Å². The molecular formula is C9H16N2O2. The molecule has 2 atom stereocenters. The van der Waals surface area contributed by atoms with Gasteiger partial charge < -0.3 is 10.1 Å². The predicted octanol–water partition coefficient (Wildman–Crippen LogP) is -0.404. The number of ether oxygens (including phenoxy) is 1. The fraction of sp³-hybridized carbons (Fsp3) is 0.889. The molecule has 13 heavy (non-hydrogen) atoms. The van der Waals surface area contributed by atoms with Crippen molar-refractivity contribution in [1.82, 2.24) is 10.2 Å². The Labute approximate surface area is 78.2 Å². The van der Waals surface area contributed by atoms with Crippen molar-refractivity contribution in [2.45, 2.75) is 25.4 Å². The van der Waals surface area contributed by atoms with Gasteiger partial charge in [0.1, 0.15) is 6.04 Å². The van der Waals surface area contributed by atoms with E-state index in [-0.39, 0.29) is 12.0 Å². The first-order chi connectivity index (χ1) is 6.27. The molecule has 2 heterocycles. The molecular weight excluding hydrogens is 168 g/mol. The molecule has 74 valence electrons. The molecule has 2 rings (SSSR count). The molecule has 0 amide bonds. The van der Waals surface area contributed by atoms with Crippen LogP contribution in [-0.2, 0) is 9.53 Å². The van der Waals surface area contributed by atoms with Gasteiger partial charge in [-0.1, -0.05) is 0 Å². The highest BCUT2D eigenvalue weighted by Gasteiger charge is 2.33. The zero-order valence-corrected chi connectivity index (χ0v) is 7.95. The van der Waals surface area contributed by atoms with Crippen LogP contribution >= 0.6 is 0 Å². The summed E-state index contributed by atoms with van der Waals surface area (Å²) in [5.74, 6) is -0.0332. The Morgan fingerprint density at radius 2 is 2.46 bits per heavy atom. The average Bonchev–Trinajstić information content (AvgIpc) is 2.51. The highest BCUT2D eigenvalue weighted by molar-refractivity contribution is 5.77. The number of rotatable bonds is 1. The molecule has 0 aliphatic carbocycles. The normalized spacial score (nSPS) is 36.2. The maximum absolute atomic E-state index is 11.3. The Kier molecular flexibility index (Phi) is 2.51. The minimum atomic E-state index is -0.0332. The molecule has 2 saturated heterocycles. The minimum Gasteiger partial charge on any atom is -0.464 e. The Bertz CT molecular complexity index is 208. The van der Waals surface area contributed by atoms with Gasteiger partial charge in [-0.15, -0.1) is 0 Å². The molecule has 0 saturated carbocycles. The molecule has 0 radical (unpaired) electrons. The van der Waals surface area contributed by atoms with Crippen molar-refractivity contribution in [3.63, 3.8) is 0 Å². The maximum Gasteiger partial charge on any atom is 0.323 e. The van der Waals surface area contributed by atoms with Crippen molar-refractivity contribution >= 4 is 5.97 Å².